The molecule has 0 saturated carbocycles. The zero-order chi connectivity index (χ0) is 33.4. The molecule has 254 valence electrons. The van der Waals surface area contributed by atoms with Crippen LogP contribution in [0.25, 0.3) is 0 Å². The number of carbonyl (C=O) groups is 2. The van der Waals surface area contributed by atoms with Crippen molar-refractivity contribution in [3.8, 4) is 0 Å². The van der Waals surface area contributed by atoms with E-state index in [1.807, 2.05) is 0 Å². The number of aliphatic hydroxyl groups is 6. The topological polar surface area (TPSA) is 211 Å². The number of hydrogen-bond acceptors (Lipinski definition) is 15. The number of aliphatic hydroxyl groups excluding tert-OH is 6. The molecule has 2 fully saturated rings. The summed E-state index contributed by atoms with van der Waals surface area (Å²) >= 11 is 10.2. The maximum absolute atomic E-state index is 13.1. The van der Waals surface area contributed by atoms with Crippen LogP contribution in [-0.2, 0) is 28.4 Å². The summed E-state index contributed by atoms with van der Waals surface area (Å²) in [6.07, 6.45) is -15.9. The van der Waals surface area contributed by atoms with Crippen LogP contribution in [-0.4, -0.2) is 137 Å². The van der Waals surface area contributed by atoms with Crippen molar-refractivity contribution in [2.45, 2.75) is 72.7 Å². The third-order valence-electron chi connectivity index (χ3n) is 7.45. The van der Waals surface area contributed by atoms with E-state index in [-0.39, 0.29) is 37.6 Å². The van der Waals surface area contributed by atoms with Crippen LogP contribution in [0, 0.1) is 0 Å². The molecule has 0 bridgehead atoms. The molecule has 0 aliphatic carbocycles. The van der Waals surface area contributed by atoms with E-state index < -0.39 is 80.6 Å². The fourth-order valence-electron chi connectivity index (χ4n) is 4.90. The molecule has 2 saturated heterocycles. The molecule has 2 heterocycles. The van der Waals surface area contributed by atoms with Crippen LogP contribution in [0.4, 0.5) is 0 Å². The molecule has 0 aromatic heterocycles. The number of rotatable bonds is 14. The average Bonchev–Trinajstić information content (AvgIpc) is 3.05. The molecular weight excluding hydrogens is 652 g/mol. The molecular formula is C30H37ClO14S. The number of hydrogen-bond donors (Lipinski definition) is 7. The molecule has 16 heteroatoms. The second-order valence-corrected chi connectivity index (χ2v) is 11.5. The first-order valence-corrected chi connectivity index (χ1v) is 15.3. The van der Waals surface area contributed by atoms with Crippen molar-refractivity contribution in [2.24, 2.45) is 0 Å². The largest absolute Gasteiger partial charge is 0.450 e. The third kappa shape index (κ3) is 9.02. The number of Topliss-reactive ketones (excluding diaryl/α,β-unsaturated/α-hetero) is 1. The Morgan fingerprint density at radius 3 is 2.11 bits per heavy atom. The van der Waals surface area contributed by atoms with Crippen LogP contribution in [0.15, 0.2) is 53.4 Å². The van der Waals surface area contributed by atoms with Gasteiger partial charge in [-0.05, 0) is 30.3 Å². The fourth-order valence-corrected chi connectivity index (χ4v) is 5.31. The van der Waals surface area contributed by atoms with Crippen LogP contribution in [0.2, 0.25) is 5.02 Å². The van der Waals surface area contributed by atoms with E-state index in [2.05, 4.69) is 12.6 Å². The summed E-state index contributed by atoms with van der Waals surface area (Å²) in [5.74, 6) is -1.06. The first-order valence-electron chi connectivity index (χ1n) is 14.4. The monoisotopic (exact) mass is 688 g/mol. The normalized spacial score (nSPS) is 31.4. The van der Waals surface area contributed by atoms with Gasteiger partial charge < -0.3 is 59.1 Å². The Morgan fingerprint density at radius 2 is 1.43 bits per heavy atom. The highest BCUT2D eigenvalue weighted by molar-refractivity contribution is 7.80. The van der Waals surface area contributed by atoms with E-state index >= 15 is 0 Å². The lowest BCUT2D eigenvalue weighted by molar-refractivity contribution is -0.359. The number of carbonyl (C=O) groups excluding carboxylic acids is 2. The zero-order valence-corrected chi connectivity index (χ0v) is 26.1. The predicted octanol–water partition coefficient (Wildman–Crippen LogP) is -0.276. The Balaban J connectivity index is 1.46. The van der Waals surface area contributed by atoms with Gasteiger partial charge in [0.25, 0.3) is 0 Å². The predicted molar refractivity (Wildman–Crippen MR) is 160 cm³/mol. The summed E-state index contributed by atoms with van der Waals surface area (Å²) < 4.78 is 33.9. The van der Waals surface area contributed by atoms with E-state index in [1.54, 1.807) is 24.3 Å². The van der Waals surface area contributed by atoms with Gasteiger partial charge in [-0.1, -0.05) is 29.8 Å². The minimum atomic E-state index is -1.85. The minimum absolute atomic E-state index is 0.0297. The Bertz CT molecular complexity index is 1280. The molecule has 10 atom stereocenters. The van der Waals surface area contributed by atoms with Crippen molar-refractivity contribution in [1.82, 2.24) is 0 Å². The van der Waals surface area contributed by atoms with Crippen molar-refractivity contribution in [1.29, 1.82) is 0 Å². The molecule has 2 aromatic carbocycles. The lowest BCUT2D eigenvalue weighted by Gasteiger charge is -2.46. The van der Waals surface area contributed by atoms with Crippen molar-refractivity contribution in [3.63, 3.8) is 0 Å². The highest BCUT2D eigenvalue weighted by atomic mass is 35.5. The second-order valence-electron chi connectivity index (χ2n) is 10.6. The molecule has 0 amide bonds. The Labute approximate surface area is 274 Å². The van der Waals surface area contributed by atoms with Gasteiger partial charge in [0.2, 0.25) is 0 Å². The summed E-state index contributed by atoms with van der Waals surface area (Å²) in [5.41, 5.74) is 0.537. The Kier molecular flexibility index (Phi) is 13.7. The van der Waals surface area contributed by atoms with Gasteiger partial charge in [-0.3, -0.25) is 4.79 Å². The van der Waals surface area contributed by atoms with Gasteiger partial charge in [-0.2, -0.15) is 0 Å². The number of ether oxygens (including phenoxy) is 6. The molecule has 0 radical (unpaired) electrons. The molecule has 46 heavy (non-hydrogen) atoms. The van der Waals surface area contributed by atoms with Gasteiger partial charge in [0.05, 0.1) is 38.6 Å². The number of benzene rings is 2. The Hall–Kier alpha value is -2.22. The van der Waals surface area contributed by atoms with Gasteiger partial charge in [-0.25, -0.2) is 4.79 Å². The number of esters is 1. The average molecular weight is 689 g/mol. The van der Waals surface area contributed by atoms with E-state index in [9.17, 15) is 40.2 Å². The smallest absolute Gasteiger partial charge is 0.338 e. The van der Waals surface area contributed by atoms with E-state index in [4.69, 9.17) is 40.0 Å². The van der Waals surface area contributed by atoms with Crippen molar-refractivity contribution < 1.29 is 68.6 Å². The summed E-state index contributed by atoms with van der Waals surface area (Å²) in [7, 11) is 0. The van der Waals surface area contributed by atoms with Crippen LogP contribution in [0.5, 0.6) is 0 Å². The van der Waals surface area contributed by atoms with Crippen molar-refractivity contribution in [3.05, 3.63) is 64.7 Å². The highest BCUT2D eigenvalue weighted by Crippen LogP contribution is 2.32. The van der Waals surface area contributed by atoms with E-state index in [1.165, 1.54) is 24.3 Å². The summed E-state index contributed by atoms with van der Waals surface area (Å²) in [6.45, 7) is -1.59. The zero-order valence-electron chi connectivity index (χ0n) is 24.4. The molecule has 4 rings (SSSR count). The number of ketones is 1. The molecule has 0 spiro atoms. The van der Waals surface area contributed by atoms with Crippen LogP contribution in [0.3, 0.4) is 0 Å². The van der Waals surface area contributed by atoms with Crippen LogP contribution < -0.4 is 0 Å². The van der Waals surface area contributed by atoms with Gasteiger partial charge in [-0.15, -0.1) is 12.6 Å². The molecule has 2 aromatic rings. The Morgan fingerprint density at radius 1 is 0.783 bits per heavy atom. The molecule has 2 aliphatic heterocycles. The van der Waals surface area contributed by atoms with Crippen LogP contribution >= 0.6 is 24.2 Å². The third-order valence-corrected chi connectivity index (χ3v) is 8.09. The van der Waals surface area contributed by atoms with Crippen molar-refractivity contribution in [2.75, 3.05) is 33.0 Å². The van der Waals surface area contributed by atoms with E-state index in [0.29, 0.717) is 15.5 Å². The number of halogens is 1. The maximum Gasteiger partial charge on any atom is 0.338 e. The summed E-state index contributed by atoms with van der Waals surface area (Å²) in [6, 6.07) is 12.6. The second kappa shape index (κ2) is 17.3. The minimum Gasteiger partial charge on any atom is -0.450 e. The quantitative estimate of drug-likeness (QED) is 0.0590. The summed E-state index contributed by atoms with van der Waals surface area (Å²) in [4.78, 5) is 26.1. The van der Waals surface area contributed by atoms with Crippen molar-refractivity contribution >= 4 is 36.0 Å². The number of thiol groups is 1. The molecule has 14 nitrogen and oxygen atoms in total. The van der Waals surface area contributed by atoms with Gasteiger partial charge >= 0.3 is 5.97 Å². The lowest BCUT2D eigenvalue weighted by atomic mass is 9.96. The highest BCUT2D eigenvalue weighted by Gasteiger charge is 2.52. The van der Waals surface area contributed by atoms with E-state index in [0.717, 1.165) is 0 Å². The first-order chi connectivity index (χ1) is 22.0. The fraction of sp³-hybridized carbons (Fsp3) is 0.533. The van der Waals surface area contributed by atoms with Gasteiger partial charge in [0.15, 0.2) is 24.5 Å². The van der Waals surface area contributed by atoms with Gasteiger partial charge in [0, 0.05) is 21.9 Å². The standard InChI is InChI=1S/C30H37ClO14S/c31-16-7-5-15(6-8-16)28(39)44-27-26(45-29-25(38)24(37)22(35)19(13-32)42-29)23(36)20(14-33)43-30(27)41-12-11-40-10-9-18(34)17-3-1-2-4-21(17)46/h1-8,19-20,22-27,29-30,32-33,35-38,46H,9-14H2/t19-,20-,22+,23+,24+,25-,26+,27-,29+,30+/m1/s1. The van der Waals surface area contributed by atoms with Gasteiger partial charge in [0.1, 0.15) is 42.7 Å². The summed E-state index contributed by atoms with van der Waals surface area (Å²) in [5, 5.41) is 61.9. The lowest BCUT2D eigenvalue weighted by Crippen LogP contribution is -2.65. The molecule has 6 N–H and O–H groups in total. The first kappa shape index (κ1) is 36.6. The SMILES string of the molecule is O=C(O[C@H]1[C@@H](OCCOCCC(=O)c2ccccc2S)O[C@H](CO)[C@H](O)[C@@H]1O[C@@H]1O[C@H](CO)[C@H](O)[C@H](O)[C@H]1O)c1ccc(Cl)cc1. The van der Waals surface area contributed by atoms with Crippen LogP contribution in [0.1, 0.15) is 27.1 Å². The molecule has 0 unspecified atom stereocenters. The molecule has 2 aliphatic rings. The maximum atomic E-state index is 13.1.